The highest BCUT2D eigenvalue weighted by Crippen LogP contribution is 2.25. The number of anilines is 2. The molecule has 0 unspecified atom stereocenters. The largest absolute Gasteiger partial charge is 0.375 e. The van der Waals surface area contributed by atoms with Gasteiger partial charge in [-0.25, -0.2) is 4.98 Å². The van der Waals surface area contributed by atoms with Crippen molar-refractivity contribution in [1.29, 1.82) is 0 Å². The fourth-order valence-electron chi connectivity index (χ4n) is 2.50. The Hall–Kier alpha value is -1.30. The van der Waals surface area contributed by atoms with Crippen molar-refractivity contribution in [1.82, 2.24) is 9.88 Å². The van der Waals surface area contributed by atoms with E-state index in [1.165, 1.54) is 16.1 Å². The zero-order valence-electron chi connectivity index (χ0n) is 11.5. The Morgan fingerprint density at radius 1 is 1.30 bits per heavy atom. The average molecular weight is 311 g/mol. The molecule has 1 aliphatic rings. The number of aromatic nitrogens is 1. The van der Waals surface area contributed by atoms with E-state index in [2.05, 4.69) is 46.1 Å². The van der Waals surface area contributed by atoms with Crippen LogP contribution in [0.5, 0.6) is 0 Å². The number of hydrogen-bond donors (Lipinski definition) is 1. The summed E-state index contributed by atoms with van der Waals surface area (Å²) in [6, 6.07) is 8.63. The topological polar surface area (TPSA) is 45.4 Å². The highest BCUT2D eigenvalue weighted by atomic mass is 35.5. The van der Waals surface area contributed by atoms with Gasteiger partial charge < -0.3 is 10.6 Å². The normalized spacial score (nSPS) is 15.3. The van der Waals surface area contributed by atoms with E-state index in [4.69, 9.17) is 5.73 Å². The number of thiazole rings is 1. The van der Waals surface area contributed by atoms with E-state index in [-0.39, 0.29) is 12.4 Å². The van der Waals surface area contributed by atoms with Crippen LogP contribution in [-0.2, 0) is 13.1 Å². The second-order valence-electron chi connectivity index (χ2n) is 4.93. The van der Waals surface area contributed by atoms with Crippen LogP contribution in [0.15, 0.2) is 30.5 Å². The molecule has 0 amide bonds. The van der Waals surface area contributed by atoms with Gasteiger partial charge in [0.15, 0.2) is 5.13 Å². The Morgan fingerprint density at radius 3 is 2.85 bits per heavy atom. The van der Waals surface area contributed by atoms with Gasteiger partial charge >= 0.3 is 0 Å². The lowest BCUT2D eigenvalue weighted by molar-refractivity contribution is 0.271. The highest BCUT2D eigenvalue weighted by molar-refractivity contribution is 7.15. The summed E-state index contributed by atoms with van der Waals surface area (Å²) in [5, 5.41) is 0.655. The van der Waals surface area contributed by atoms with Gasteiger partial charge in [-0.2, -0.15) is 0 Å². The predicted molar refractivity (Wildman–Crippen MR) is 87.6 cm³/mol. The van der Waals surface area contributed by atoms with Crippen molar-refractivity contribution in [2.24, 2.45) is 0 Å². The lowest BCUT2D eigenvalue weighted by atomic mass is 10.1. The van der Waals surface area contributed by atoms with Gasteiger partial charge in [-0.1, -0.05) is 18.2 Å². The van der Waals surface area contributed by atoms with Crippen LogP contribution in [0, 0.1) is 0 Å². The van der Waals surface area contributed by atoms with Gasteiger partial charge in [-0.3, -0.25) is 4.90 Å². The van der Waals surface area contributed by atoms with Crippen LogP contribution in [0.3, 0.4) is 0 Å². The molecule has 20 heavy (non-hydrogen) atoms. The maximum atomic E-state index is 5.69. The summed E-state index contributed by atoms with van der Waals surface area (Å²) in [5.41, 5.74) is 8.42. The van der Waals surface area contributed by atoms with Gasteiger partial charge in [-0.05, 0) is 11.6 Å². The van der Waals surface area contributed by atoms with Crippen LogP contribution in [0.1, 0.15) is 10.4 Å². The fraction of sp³-hybridized carbons (Fsp3) is 0.357. The SMILES string of the molecule is CN1CCN(Cc2cnc(N)s2)Cc2ccccc21.Cl. The Kier molecular flexibility index (Phi) is 4.86. The summed E-state index contributed by atoms with van der Waals surface area (Å²) in [6.45, 7) is 4.02. The summed E-state index contributed by atoms with van der Waals surface area (Å²) in [7, 11) is 2.16. The Morgan fingerprint density at radius 2 is 2.10 bits per heavy atom. The minimum atomic E-state index is 0. The number of hydrogen-bond acceptors (Lipinski definition) is 5. The Balaban J connectivity index is 0.00000147. The van der Waals surface area contributed by atoms with Gasteiger partial charge in [0.05, 0.1) is 0 Å². The summed E-state index contributed by atoms with van der Waals surface area (Å²) in [5.74, 6) is 0. The number of nitrogen functional groups attached to an aromatic ring is 1. The molecule has 1 aliphatic heterocycles. The zero-order chi connectivity index (χ0) is 13.2. The minimum absolute atomic E-state index is 0. The number of nitrogens with zero attached hydrogens (tertiary/aromatic N) is 3. The Labute approximate surface area is 129 Å². The van der Waals surface area contributed by atoms with Crippen molar-refractivity contribution in [2.75, 3.05) is 30.8 Å². The first-order valence-electron chi connectivity index (χ1n) is 6.44. The molecule has 1 aromatic carbocycles. The predicted octanol–water partition coefficient (Wildman–Crippen LogP) is 2.60. The second-order valence-corrected chi connectivity index (χ2v) is 6.07. The number of halogens is 1. The molecule has 0 saturated carbocycles. The van der Waals surface area contributed by atoms with E-state index >= 15 is 0 Å². The van der Waals surface area contributed by atoms with Crippen LogP contribution >= 0.6 is 23.7 Å². The number of fused-ring (bicyclic) bond motifs is 1. The van der Waals surface area contributed by atoms with Crippen molar-refractivity contribution in [3.63, 3.8) is 0 Å². The maximum Gasteiger partial charge on any atom is 0.180 e. The number of nitrogens with two attached hydrogens (primary N) is 1. The molecule has 1 aromatic heterocycles. The molecule has 0 fully saturated rings. The van der Waals surface area contributed by atoms with Crippen molar-refractivity contribution in [2.45, 2.75) is 13.1 Å². The van der Waals surface area contributed by atoms with Gasteiger partial charge in [0.1, 0.15) is 0 Å². The van der Waals surface area contributed by atoms with Crippen molar-refractivity contribution in [3.05, 3.63) is 40.9 Å². The van der Waals surface area contributed by atoms with Crippen molar-refractivity contribution >= 4 is 34.6 Å². The van der Waals surface area contributed by atoms with Crippen LogP contribution in [-0.4, -0.2) is 30.0 Å². The number of likely N-dealkylation sites (N-methyl/N-ethyl adjacent to an activating group) is 1. The van der Waals surface area contributed by atoms with Crippen LogP contribution < -0.4 is 10.6 Å². The molecule has 0 atom stereocenters. The molecule has 0 bridgehead atoms. The number of para-hydroxylation sites is 1. The number of rotatable bonds is 2. The van der Waals surface area contributed by atoms with Gasteiger partial charge in [0.2, 0.25) is 0 Å². The molecule has 2 aromatic rings. The quantitative estimate of drug-likeness (QED) is 0.926. The molecule has 108 valence electrons. The van der Waals surface area contributed by atoms with E-state index in [1.807, 2.05) is 6.20 Å². The first kappa shape index (κ1) is 15.1. The van der Waals surface area contributed by atoms with E-state index in [9.17, 15) is 0 Å². The van der Waals surface area contributed by atoms with Crippen LogP contribution in [0.2, 0.25) is 0 Å². The second kappa shape index (κ2) is 6.43. The van der Waals surface area contributed by atoms with Crippen molar-refractivity contribution < 1.29 is 0 Å². The van der Waals surface area contributed by atoms with Crippen LogP contribution in [0.25, 0.3) is 0 Å². The highest BCUT2D eigenvalue weighted by Gasteiger charge is 2.17. The third-order valence-electron chi connectivity index (χ3n) is 3.50. The van der Waals surface area contributed by atoms with E-state index in [1.54, 1.807) is 11.3 Å². The Bertz CT molecular complexity index is 572. The summed E-state index contributed by atoms with van der Waals surface area (Å²) < 4.78 is 0. The van der Waals surface area contributed by atoms with E-state index in [0.29, 0.717) is 5.13 Å². The molecule has 0 aliphatic carbocycles. The van der Waals surface area contributed by atoms with Crippen LogP contribution in [0.4, 0.5) is 10.8 Å². The average Bonchev–Trinajstić information content (AvgIpc) is 2.74. The molecule has 0 saturated heterocycles. The minimum Gasteiger partial charge on any atom is -0.375 e. The summed E-state index contributed by atoms with van der Waals surface area (Å²) in [6.07, 6.45) is 1.89. The smallest absolute Gasteiger partial charge is 0.180 e. The van der Waals surface area contributed by atoms with Gasteiger partial charge in [-0.15, -0.1) is 23.7 Å². The van der Waals surface area contributed by atoms with Gasteiger partial charge in [0, 0.05) is 50.0 Å². The molecule has 2 N–H and O–H groups in total. The van der Waals surface area contributed by atoms with Crippen molar-refractivity contribution in [3.8, 4) is 0 Å². The first-order valence-corrected chi connectivity index (χ1v) is 7.25. The molecular formula is C14H19ClN4S. The molecule has 0 spiro atoms. The summed E-state index contributed by atoms with van der Waals surface area (Å²) >= 11 is 1.58. The standard InChI is InChI=1S/C14H18N4S.ClH/c1-17-6-7-18(10-12-8-16-14(15)19-12)9-11-4-2-3-5-13(11)17;/h2-5,8H,6-7,9-10H2,1H3,(H2,15,16);1H. The molecule has 2 heterocycles. The van der Waals surface area contributed by atoms with Gasteiger partial charge in [0.25, 0.3) is 0 Å². The third kappa shape index (κ3) is 3.23. The monoisotopic (exact) mass is 310 g/mol. The lowest BCUT2D eigenvalue weighted by Crippen LogP contribution is -2.28. The third-order valence-corrected chi connectivity index (χ3v) is 4.31. The molecule has 6 heteroatoms. The summed E-state index contributed by atoms with van der Waals surface area (Å²) in [4.78, 5) is 10.1. The molecule has 3 rings (SSSR count). The lowest BCUT2D eigenvalue weighted by Gasteiger charge is -2.19. The maximum absolute atomic E-state index is 5.69. The fourth-order valence-corrected chi connectivity index (χ4v) is 3.23. The number of benzene rings is 1. The first-order chi connectivity index (χ1) is 9.22. The van der Waals surface area contributed by atoms with E-state index in [0.717, 1.165) is 26.2 Å². The molecule has 0 radical (unpaired) electrons. The zero-order valence-corrected chi connectivity index (χ0v) is 13.1. The van der Waals surface area contributed by atoms with E-state index < -0.39 is 0 Å². The molecule has 4 nitrogen and oxygen atoms in total. The molecular weight excluding hydrogens is 292 g/mol.